The van der Waals surface area contributed by atoms with E-state index in [1.807, 2.05) is 18.2 Å². The Labute approximate surface area is 166 Å². The van der Waals surface area contributed by atoms with Crippen molar-refractivity contribution in [1.82, 2.24) is 0 Å². The van der Waals surface area contributed by atoms with Crippen LogP contribution in [0.4, 0.5) is 5.88 Å². The Morgan fingerprint density at radius 1 is 1.00 bits per heavy atom. The summed E-state index contributed by atoms with van der Waals surface area (Å²) in [7, 11) is 4.77. The number of furan rings is 1. The van der Waals surface area contributed by atoms with Crippen molar-refractivity contribution in [2.75, 3.05) is 39.8 Å². The molecule has 0 amide bonds. The van der Waals surface area contributed by atoms with Crippen LogP contribution in [0.15, 0.2) is 56.1 Å². The smallest absolute Gasteiger partial charge is 0.348 e. The predicted octanol–water partition coefficient (Wildman–Crippen LogP) is 4.28. The summed E-state index contributed by atoms with van der Waals surface area (Å²) in [4.78, 5) is 12.9. The molecule has 0 unspecified atom stereocenters. The minimum Gasteiger partial charge on any atom is -0.497 e. The molecule has 0 bridgehead atoms. The molecular weight excluding hydrogens is 374 g/mol. The van der Waals surface area contributed by atoms with Crippen molar-refractivity contribution < 1.29 is 23.0 Å². The van der Waals surface area contributed by atoms with Gasteiger partial charge in [-0.3, -0.25) is 0 Å². The first kappa shape index (κ1) is 18.9. The van der Waals surface area contributed by atoms with E-state index in [0.29, 0.717) is 63.6 Å². The number of methoxy groups -OCH3 is 3. The van der Waals surface area contributed by atoms with Crippen molar-refractivity contribution in [3.8, 4) is 22.6 Å². The van der Waals surface area contributed by atoms with Gasteiger partial charge in [0.25, 0.3) is 0 Å². The number of nitrogens with one attached hydrogen (secondary N) is 1. The lowest BCUT2D eigenvalue weighted by Crippen LogP contribution is -2.08. The molecule has 0 aliphatic rings. The van der Waals surface area contributed by atoms with E-state index in [4.69, 9.17) is 23.0 Å². The average molecular weight is 395 g/mol. The number of benzene rings is 2. The Morgan fingerprint density at radius 2 is 1.83 bits per heavy atom. The predicted molar refractivity (Wildman–Crippen MR) is 111 cm³/mol. The fraction of sp³-hybridized carbons (Fsp3) is 0.227. The van der Waals surface area contributed by atoms with Gasteiger partial charge in [-0.2, -0.15) is 0 Å². The second kappa shape index (κ2) is 7.89. The third-order valence-corrected chi connectivity index (χ3v) is 4.71. The largest absolute Gasteiger partial charge is 0.497 e. The minimum atomic E-state index is -0.484. The van der Waals surface area contributed by atoms with Gasteiger partial charge in [0, 0.05) is 19.2 Å². The molecule has 2 aromatic carbocycles. The Hall–Kier alpha value is -3.45. The van der Waals surface area contributed by atoms with Crippen molar-refractivity contribution in [3.05, 3.63) is 52.9 Å². The maximum atomic E-state index is 12.9. The number of hydrogen-bond donors (Lipinski definition) is 1. The summed E-state index contributed by atoms with van der Waals surface area (Å²) in [6.45, 7) is 0.972. The molecule has 4 rings (SSSR count). The fourth-order valence-electron chi connectivity index (χ4n) is 3.37. The highest BCUT2D eigenvalue weighted by molar-refractivity contribution is 6.10. The Morgan fingerprint density at radius 3 is 2.59 bits per heavy atom. The summed E-state index contributed by atoms with van der Waals surface area (Å²) >= 11 is 0. The van der Waals surface area contributed by atoms with Crippen LogP contribution < -0.4 is 20.4 Å². The van der Waals surface area contributed by atoms with E-state index in [1.165, 1.54) is 0 Å². The zero-order chi connectivity index (χ0) is 20.4. The summed E-state index contributed by atoms with van der Waals surface area (Å²) in [5.41, 5.74) is 1.66. The third kappa shape index (κ3) is 3.30. The number of hydrogen-bond acceptors (Lipinski definition) is 7. The monoisotopic (exact) mass is 395 g/mol. The molecule has 0 spiro atoms. The van der Waals surface area contributed by atoms with Crippen LogP contribution >= 0.6 is 0 Å². The van der Waals surface area contributed by atoms with Crippen molar-refractivity contribution in [1.29, 1.82) is 0 Å². The molecule has 0 saturated carbocycles. The van der Waals surface area contributed by atoms with E-state index in [9.17, 15) is 4.79 Å². The van der Waals surface area contributed by atoms with Crippen LogP contribution in [0, 0.1) is 0 Å². The summed E-state index contributed by atoms with van der Waals surface area (Å²) in [6.07, 6.45) is 0. The van der Waals surface area contributed by atoms with Gasteiger partial charge in [-0.05, 0) is 30.3 Å². The van der Waals surface area contributed by atoms with Gasteiger partial charge in [0.15, 0.2) is 5.58 Å². The number of anilines is 1. The maximum Gasteiger partial charge on any atom is 0.348 e. The fourth-order valence-corrected chi connectivity index (χ4v) is 3.37. The molecule has 0 saturated heterocycles. The van der Waals surface area contributed by atoms with Crippen LogP contribution in [0.2, 0.25) is 0 Å². The molecule has 0 radical (unpaired) electrons. The second-order valence-corrected chi connectivity index (χ2v) is 6.38. The number of para-hydroxylation sites is 1. The Bertz CT molecular complexity index is 1220. The minimum absolute atomic E-state index is 0.343. The molecule has 1 N–H and O–H groups in total. The average Bonchev–Trinajstić information content (AvgIpc) is 3.13. The molecule has 150 valence electrons. The zero-order valence-corrected chi connectivity index (χ0v) is 16.4. The molecule has 4 aromatic rings. The summed E-state index contributed by atoms with van der Waals surface area (Å²) in [5.74, 6) is 1.64. The SMILES string of the molecule is COCCNc1oc2c(c1-c1cc(OC)ccc1OC)c(=O)oc1ccccc12. The highest BCUT2D eigenvalue weighted by Gasteiger charge is 2.25. The van der Waals surface area contributed by atoms with Gasteiger partial charge < -0.3 is 28.4 Å². The number of ether oxygens (including phenoxy) is 3. The van der Waals surface area contributed by atoms with E-state index in [0.717, 1.165) is 0 Å². The van der Waals surface area contributed by atoms with Gasteiger partial charge in [0.05, 0.1) is 31.8 Å². The highest BCUT2D eigenvalue weighted by Crippen LogP contribution is 2.44. The van der Waals surface area contributed by atoms with Crippen molar-refractivity contribution in [3.63, 3.8) is 0 Å². The zero-order valence-electron chi connectivity index (χ0n) is 16.4. The first-order valence-electron chi connectivity index (χ1n) is 9.11. The van der Waals surface area contributed by atoms with Crippen molar-refractivity contribution >= 4 is 27.8 Å². The Balaban J connectivity index is 2.07. The van der Waals surface area contributed by atoms with Gasteiger partial charge in [-0.1, -0.05) is 12.1 Å². The van der Waals surface area contributed by atoms with E-state index < -0.39 is 5.63 Å². The summed E-state index contributed by atoms with van der Waals surface area (Å²) in [5, 5.41) is 4.27. The van der Waals surface area contributed by atoms with Crippen molar-refractivity contribution in [2.45, 2.75) is 0 Å². The lowest BCUT2D eigenvalue weighted by Gasteiger charge is -2.11. The van der Waals surface area contributed by atoms with Gasteiger partial charge in [0.1, 0.15) is 22.5 Å². The van der Waals surface area contributed by atoms with Gasteiger partial charge in [-0.15, -0.1) is 0 Å². The first-order chi connectivity index (χ1) is 14.2. The molecule has 29 heavy (non-hydrogen) atoms. The van der Waals surface area contributed by atoms with Crippen LogP contribution in [0.1, 0.15) is 0 Å². The topological polar surface area (TPSA) is 83.1 Å². The second-order valence-electron chi connectivity index (χ2n) is 6.38. The summed E-state index contributed by atoms with van der Waals surface area (Å²) in [6, 6.07) is 12.7. The molecule has 2 heterocycles. The van der Waals surface area contributed by atoms with Gasteiger partial charge >= 0.3 is 5.63 Å². The highest BCUT2D eigenvalue weighted by atomic mass is 16.5. The van der Waals surface area contributed by atoms with Crippen LogP contribution in [0.25, 0.3) is 33.1 Å². The van der Waals surface area contributed by atoms with E-state index in [-0.39, 0.29) is 0 Å². The number of fused-ring (bicyclic) bond motifs is 3. The first-order valence-corrected chi connectivity index (χ1v) is 9.11. The molecule has 7 nitrogen and oxygen atoms in total. The van der Waals surface area contributed by atoms with Crippen LogP contribution in [0.5, 0.6) is 11.5 Å². The molecule has 0 atom stereocenters. The molecule has 0 aliphatic heterocycles. The third-order valence-electron chi connectivity index (χ3n) is 4.71. The van der Waals surface area contributed by atoms with E-state index in [1.54, 1.807) is 45.6 Å². The van der Waals surface area contributed by atoms with Crippen LogP contribution in [-0.4, -0.2) is 34.5 Å². The van der Waals surface area contributed by atoms with Gasteiger partial charge in [0.2, 0.25) is 5.88 Å². The van der Waals surface area contributed by atoms with E-state index >= 15 is 0 Å². The molecule has 2 aromatic heterocycles. The molecule has 0 aliphatic carbocycles. The normalized spacial score (nSPS) is 11.1. The lowest BCUT2D eigenvalue weighted by atomic mass is 10.0. The molecule has 7 heteroatoms. The van der Waals surface area contributed by atoms with Crippen LogP contribution in [0.3, 0.4) is 0 Å². The maximum absolute atomic E-state index is 12.9. The molecule has 0 fully saturated rings. The lowest BCUT2D eigenvalue weighted by molar-refractivity contribution is 0.210. The molecular formula is C22H21NO6. The standard InChI is InChI=1S/C22H21NO6/c1-25-11-10-23-21-18(15-12-13(26-2)8-9-16(15)27-3)19-20(29-21)14-6-4-5-7-17(14)28-22(19)24/h4-9,12,23H,10-11H2,1-3H3. The van der Waals surface area contributed by atoms with Crippen molar-refractivity contribution in [2.24, 2.45) is 0 Å². The van der Waals surface area contributed by atoms with E-state index in [2.05, 4.69) is 5.32 Å². The van der Waals surface area contributed by atoms with Gasteiger partial charge in [-0.25, -0.2) is 4.79 Å². The number of rotatable bonds is 7. The van der Waals surface area contributed by atoms with Crippen LogP contribution in [-0.2, 0) is 4.74 Å². The Kier molecular flexibility index (Phi) is 5.14. The quantitative estimate of drug-likeness (QED) is 0.369. The summed E-state index contributed by atoms with van der Waals surface area (Å²) < 4.78 is 27.8.